The number of anilines is 1. The zero-order chi connectivity index (χ0) is 14.4. The molecule has 1 unspecified atom stereocenters. The van der Waals surface area contributed by atoms with Gasteiger partial charge in [-0.3, -0.25) is 9.88 Å². The number of benzene rings is 2. The first-order chi connectivity index (χ1) is 10.2. The SMILES string of the molecule is NC1=NC(c2ccc(O)cc2)n2c(nc3ccccc32)N1. The van der Waals surface area contributed by atoms with E-state index in [0.29, 0.717) is 11.9 Å². The van der Waals surface area contributed by atoms with Crippen LogP contribution in [-0.2, 0) is 0 Å². The van der Waals surface area contributed by atoms with Gasteiger partial charge in [-0.2, -0.15) is 0 Å². The number of nitrogens with zero attached hydrogens (tertiary/aromatic N) is 3. The summed E-state index contributed by atoms with van der Waals surface area (Å²) in [7, 11) is 0. The Balaban J connectivity index is 1.95. The zero-order valence-corrected chi connectivity index (χ0v) is 11.1. The van der Waals surface area contributed by atoms with Crippen molar-refractivity contribution >= 4 is 22.9 Å². The van der Waals surface area contributed by atoms with E-state index in [1.54, 1.807) is 12.1 Å². The Labute approximate surface area is 120 Å². The van der Waals surface area contributed by atoms with Crippen molar-refractivity contribution in [2.45, 2.75) is 6.17 Å². The van der Waals surface area contributed by atoms with E-state index in [0.717, 1.165) is 16.6 Å². The van der Waals surface area contributed by atoms with Crippen LogP contribution < -0.4 is 11.1 Å². The van der Waals surface area contributed by atoms with Gasteiger partial charge in [0, 0.05) is 0 Å². The van der Waals surface area contributed by atoms with Crippen molar-refractivity contribution < 1.29 is 5.11 Å². The molecule has 2 heterocycles. The highest BCUT2D eigenvalue weighted by molar-refractivity contribution is 5.94. The van der Waals surface area contributed by atoms with E-state index in [4.69, 9.17) is 5.73 Å². The Morgan fingerprint density at radius 1 is 1.10 bits per heavy atom. The van der Waals surface area contributed by atoms with Crippen molar-refractivity contribution in [2.75, 3.05) is 5.32 Å². The number of aliphatic imine (C=N–C) groups is 1. The maximum absolute atomic E-state index is 9.44. The smallest absolute Gasteiger partial charge is 0.212 e. The van der Waals surface area contributed by atoms with Crippen molar-refractivity contribution in [1.82, 2.24) is 9.55 Å². The Kier molecular flexibility index (Phi) is 2.38. The van der Waals surface area contributed by atoms with Gasteiger partial charge in [0.25, 0.3) is 0 Å². The van der Waals surface area contributed by atoms with E-state index < -0.39 is 0 Å². The number of aromatic nitrogens is 2. The summed E-state index contributed by atoms with van der Waals surface area (Å²) in [5.74, 6) is 1.22. The van der Waals surface area contributed by atoms with Gasteiger partial charge in [0.2, 0.25) is 5.95 Å². The number of hydrogen-bond acceptors (Lipinski definition) is 5. The van der Waals surface area contributed by atoms with Gasteiger partial charge in [0.15, 0.2) is 12.1 Å². The molecule has 0 aliphatic carbocycles. The number of phenols is 1. The second kappa shape index (κ2) is 4.24. The maximum atomic E-state index is 9.44. The van der Waals surface area contributed by atoms with E-state index in [2.05, 4.69) is 15.3 Å². The van der Waals surface area contributed by atoms with Crippen LogP contribution in [0, 0.1) is 0 Å². The molecule has 2 aromatic carbocycles. The molecular weight excluding hydrogens is 266 g/mol. The highest BCUT2D eigenvalue weighted by atomic mass is 16.3. The Morgan fingerprint density at radius 2 is 1.86 bits per heavy atom. The number of fused-ring (bicyclic) bond motifs is 3. The fourth-order valence-electron chi connectivity index (χ4n) is 2.59. The molecule has 6 heteroatoms. The molecule has 21 heavy (non-hydrogen) atoms. The summed E-state index contributed by atoms with van der Waals surface area (Å²) in [6.45, 7) is 0. The van der Waals surface area contributed by atoms with E-state index in [1.165, 1.54) is 0 Å². The molecule has 0 bridgehead atoms. The Hall–Kier alpha value is -3.02. The van der Waals surface area contributed by atoms with Gasteiger partial charge in [-0.1, -0.05) is 24.3 Å². The average molecular weight is 279 g/mol. The lowest BCUT2D eigenvalue weighted by atomic mass is 10.1. The van der Waals surface area contributed by atoms with Crippen LogP contribution in [0.2, 0.25) is 0 Å². The second-order valence-corrected chi connectivity index (χ2v) is 4.90. The first kappa shape index (κ1) is 11.8. The van der Waals surface area contributed by atoms with Crippen LogP contribution in [0.25, 0.3) is 11.0 Å². The van der Waals surface area contributed by atoms with E-state index in [-0.39, 0.29) is 11.9 Å². The van der Waals surface area contributed by atoms with Gasteiger partial charge in [0.05, 0.1) is 11.0 Å². The number of guanidine groups is 1. The topological polar surface area (TPSA) is 88.5 Å². The number of nitrogens with one attached hydrogen (secondary N) is 1. The largest absolute Gasteiger partial charge is 0.508 e. The molecule has 0 fully saturated rings. The molecule has 4 N–H and O–H groups in total. The summed E-state index contributed by atoms with van der Waals surface area (Å²) >= 11 is 0. The molecule has 0 spiro atoms. The van der Waals surface area contributed by atoms with Crippen LogP contribution in [0.4, 0.5) is 5.95 Å². The molecule has 4 rings (SSSR count). The summed E-state index contributed by atoms with van der Waals surface area (Å²) in [4.78, 5) is 9.01. The third-order valence-electron chi connectivity index (χ3n) is 3.53. The minimum absolute atomic E-state index is 0.223. The van der Waals surface area contributed by atoms with Gasteiger partial charge in [-0.15, -0.1) is 0 Å². The van der Waals surface area contributed by atoms with Crippen LogP contribution in [0.15, 0.2) is 53.5 Å². The fraction of sp³-hybridized carbons (Fsp3) is 0.0667. The standard InChI is InChI=1S/C15H13N5O/c16-14-18-13(9-5-7-10(21)8-6-9)20-12-4-2-1-3-11(12)17-15(20)19-14/h1-8,13,21H,(H3,16,17,18,19). The number of para-hydroxylation sites is 2. The van der Waals surface area contributed by atoms with Crippen molar-refractivity contribution in [1.29, 1.82) is 0 Å². The van der Waals surface area contributed by atoms with Gasteiger partial charge < -0.3 is 10.8 Å². The molecule has 1 aliphatic rings. The zero-order valence-electron chi connectivity index (χ0n) is 11.1. The molecule has 3 aromatic rings. The number of rotatable bonds is 1. The van der Waals surface area contributed by atoms with Crippen LogP contribution in [0.3, 0.4) is 0 Å². The number of nitrogens with two attached hydrogens (primary N) is 1. The van der Waals surface area contributed by atoms with Crippen LogP contribution in [0.1, 0.15) is 11.7 Å². The average Bonchev–Trinajstić information content (AvgIpc) is 2.85. The molecule has 1 atom stereocenters. The van der Waals surface area contributed by atoms with Crippen LogP contribution in [0.5, 0.6) is 5.75 Å². The molecule has 0 saturated heterocycles. The first-order valence-electron chi connectivity index (χ1n) is 6.58. The van der Waals surface area contributed by atoms with Crippen molar-refractivity contribution in [2.24, 2.45) is 10.7 Å². The van der Waals surface area contributed by atoms with E-state index >= 15 is 0 Å². The quantitative estimate of drug-likeness (QED) is 0.636. The highest BCUT2D eigenvalue weighted by Crippen LogP contribution is 2.32. The van der Waals surface area contributed by atoms with Crippen molar-refractivity contribution in [3.05, 3.63) is 54.1 Å². The summed E-state index contributed by atoms with van der Waals surface area (Å²) in [6, 6.07) is 14.8. The van der Waals surface area contributed by atoms with Crippen molar-refractivity contribution in [3.8, 4) is 5.75 Å². The van der Waals surface area contributed by atoms with Crippen molar-refractivity contribution in [3.63, 3.8) is 0 Å². The third kappa shape index (κ3) is 1.80. The molecule has 0 radical (unpaired) electrons. The van der Waals surface area contributed by atoms with Crippen LogP contribution >= 0.6 is 0 Å². The fourth-order valence-corrected chi connectivity index (χ4v) is 2.59. The van der Waals surface area contributed by atoms with Gasteiger partial charge in [-0.05, 0) is 29.8 Å². The predicted octanol–water partition coefficient (Wildman–Crippen LogP) is 2.03. The minimum atomic E-state index is -0.297. The Bertz CT molecular complexity index is 850. The highest BCUT2D eigenvalue weighted by Gasteiger charge is 2.24. The van der Waals surface area contributed by atoms with Gasteiger partial charge in [0.1, 0.15) is 5.75 Å². The van der Waals surface area contributed by atoms with E-state index in [1.807, 2.05) is 41.0 Å². The number of imidazole rings is 1. The summed E-state index contributed by atoms with van der Waals surface area (Å²) < 4.78 is 2.00. The molecule has 104 valence electrons. The van der Waals surface area contributed by atoms with Gasteiger partial charge in [-0.25, -0.2) is 9.98 Å². The van der Waals surface area contributed by atoms with Gasteiger partial charge >= 0.3 is 0 Å². The lowest BCUT2D eigenvalue weighted by Gasteiger charge is -2.23. The lowest BCUT2D eigenvalue weighted by Crippen LogP contribution is -2.31. The molecule has 1 aromatic heterocycles. The first-order valence-corrected chi connectivity index (χ1v) is 6.58. The summed E-state index contributed by atoms with van der Waals surface area (Å²) in [5, 5.41) is 12.4. The lowest BCUT2D eigenvalue weighted by molar-refractivity contribution is 0.474. The Morgan fingerprint density at radius 3 is 2.67 bits per heavy atom. The number of aromatic hydroxyl groups is 1. The normalized spacial score (nSPS) is 17.1. The molecule has 0 amide bonds. The predicted molar refractivity (Wildman–Crippen MR) is 81.2 cm³/mol. The molecule has 0 saturated carbocycles. The summed E-state index contributed by atoms with van der Waals surface area (Å²) in [5.41, 5.74) is 8.66. The monoisotopic (exact) mass is 279 g/mol. The maximum Gasteiger partial charge on any atom is 0.212 e. The number of phenolic OH excluding ortho intramolecular Hbond substituents is 1. The number of hydrogen-bond donors (Lipinski definition) is 3. The summed E-state index contributed by atoms with van der Waals surface area (Å²) in [6.07, 6.45) is -0.297. The van der Waals surface area contributed by atoms with E-state index in [9.17, 15) is 5.11 Å². The minimum Gasteiger partial charge on any atom is -0.508 e. The third-order valence-corrected chi connectivity index (χ3v) is 3.53. The molecule has 1 aliphatic heterocycles. The molecule has 6 nitrogen and oxygen atoms in total. The van der Waals surface area contributed by atoms with Crippen LogP contribution in [-0.4, -0.2) is 20.6 Å². The second-order valence-electron chi connectivity index (χ2n) is 4.90. The molecular formula is C15H13N5O.